The number of benzene rings is 2. The lowest BCUT2D eigenvalue weighted by atomic mass is 10.1. The van der Waals surface area contributed by atoms with E-state index < -0.39 is 11.7 Å². The molecule has 0 atom stereocenters. The van der Waals surface area contributed by atoms with Crippen LogP contribution in [0, 0.1) is 0 Å². The molecule has 1 aliphatic heterocycles. The van der Waals surface area contributed by atoms with E-state index in [1.807, 2.05) is 53.2 Å². The molecule has 4 nitrogen and oxygen atoms in total. The molecule has 1 aliphatic rings. The molecule has 0 saturated carbocycles. The fourth-order valence-electron chi connectivity index (χ4n) is 4.09. The molecular formula is C25H21F3N4. The largest absolute Gasteiger partial charge is 0.416 e. The molecule has 162 valence electrons. The molecule has 0 saturated heterocycles. The minimum absolute atomic E-state index is 0.507. The summed E-state index contributed by atoms with van der Waals surface area (Å²) in [5.74, 6) is 0.733. The highest BCUT2D eigenvalue weighted by Crippen LogP contribution is 2.31. The standard InChI is InChI=1S/C25H21F3N4/c26-25(27,28)20-8-4-9-21(14-20)32-12-5-10-22(32)17-31-13-11-23-19(16-31)15-29-24(30-23)18-6-2-1-3-7-18/h1-10,12,14-15H,11,13,16-17H2. The molecule has 0 radical (unpaired) electrons. The van der Waals surface area contributed by atoms with Crippen molar-refractivity contribution in [2.75, 3.05) is 6.54 Å². The molecule has 0 fully saturated rings. The summed E-state index contributed by atoms with van der Waals surface area (Å²) < 4.78 is 41.2. The molecule has 0 spiro atoms. The number of nitrogens with zero attached hydrogens (tertiary/aromatic N) is 4. The van der Waals surface area contributed by atoms with Gasteiger partial charge in [0.2, 0.25) is 0 Å². The van der Waals surface area contributed by atoms with Gasteiger partial charge in [0.25, 0.3) is 0 Å². The van der Waals surface area contributed by atoms with Gasteiger partial charge in [-0.2, -0.15) is 13.2 Å². The Morgan fingerprint density at radius 2 is 1.78 bits per heavy atom. The average molecular weight is 434 g/mol. The highest BCUT2D eigenvalue weighted by Gasteiger charge is 2.30. The normalized spacial score (nSPS) is 14.3. The predicted molar refractivity (Wildman–Crippen MR) is 116 cm³/mol. The maximum atomic E-state index is 13.1. The molecule has 0 bridgehead atoms. The summed E-state index contributed by atoms with van der Waals surface area (Å²) in [7, 11) is 0. The van der Waals surface area contributed by atoms with E-state index in [1.54, 1.807) is 12.3 Å². The van der Waals surface area contributed by atoms with Crippen LogP contribution in [-0.4, -0.2) is 26.0 Å². The first-order valence-electron chi connectivity index (χ1n) is 10.4. The summed E-state index contributed by atoms with van der Waals surface area (Å²) in [5, 5.41) is 0. The second-order valence-corrected chi connectivity index (χ2v) is 7.91. The molecule has 5 rings (SSSR count). The van der Waals surface area contributed by atoms with Crippen molar-refractivity contribution in [1.29, 1.82) is 0 Å². The van der Waals surface area contributed by atoms with Crippen molar-refractivity contribution in [3.05, 3.63) is 102 Å². The topological polar surface area (TPSA) is 34.0 Å². The number of alkyl halides is 3. The third-order valence-electron chi connectivity index (χ3n) is 5.72. The van der Waals surface area contributed by atoms with Crippen LogP contribution in [-0.2, 0) is 25.7 Å². The fourth-order valence-corrected chi connectivity index (χ4v) is 4.09. The van der Waals surface area contributed by atoms with Crippen molar-refractivity contribution in [3.63, 3.8) is 0 Å². The number of hydrogen-bond acceptors (Lipinski definition) is 3. The van der Waals surface area contributed by atoms with Crippen LogP contribution in [0.3, 0.4) is 0 Å². The van der Waals surface area contributed by atoms with Gasteiger partial charge in [0.1, 0.15) is 0 Å². The van der Waals surface area contributed by atoms with Gasteiger partial charge in [0.15, 0.2) is 5.82 Å². The molecular weight excluding hydrogens is 413 g/mol. The number of halogens is 3. The lowest BCUT2D eigenvalue weighted by molar-refractivity contribution is -0.137. The van der Waals surface area contributed by atoms with Crippen molar-refractivity contribution in [2.24, 2.45) is 0 Å². The average Bonchev–Trinajstić information content (AvgIpc) is 3.27. The fraction of sp³-hybridized carbons (Fsp3) is 0.200. The summed E-state index contributed by atoms with van der Waals surface area (Å²) in [6.45, 7) is 2.16. The van der Waals surface area contributed by atoms with Crippen LogP contribution in [0.4, 0.5) is 13.2 Å². The van der Waals surface area contributed by atoms with Crippen molar-refractivity contribution >= 4 is 0 Å². The maximum Gasteiger partial charge on any atom is 0.416 e. The van der Waals surface area contributed by atoms with Crippen LogP contribution < -0.4 is 0 Å². The highest BCUT2D eigenvalue weighted by molar-refractivity contribution is 5.54. The number of aromatic nitrogens is 3. The SMILES string of the molecule is FC(F)(F)c1cccc(-n2cccc2CN2CCc3nc(-c4ccccc4)ncc3C2)c1. The zero-order valence-electron chi connectivity index (χ0n) is 17.3. The lowest BCUT2D eigenvalue weighted by Gasteiger charge is -2.28. The Balaban J connectivity index is 1.34. The van der Waals surface area contributed by atoms with Crippen LogP contribution in [0.25, 0.3) is 17.1 Å². The zero-order chi connectivity index (χ0) is 22.1. The van der Waals surface area contributed by atoms with E-state index in [0.717, 1.165) is 47.4 Å². The quantitative estimate of drug-likeness (QED) is 0.425. The van der Waals surface area contributed by atoms with Gasteiger partial charge in [-0.05, 0) is 30.3 Å². The molecule has 4 aromatic rings. The van der Waals surface area contributed by atoms with E-state index in [1.165, 1.54) is 12.1 Å². The van der Waals surface area contributed by atoms with E-state index in [-0.39, 0.29) is 0 Å². The third kappa shape index (κ3) is 4.16. The predicted octanol–water partition coefficient (Wildman–Crippen LogP) is 5.51. The first kappa shape index (κ1) is 20.5. The minimum atomic E-state index is -4.36. The molecule has 3 heterocycles. The Morgan fingerprint density at radius 1 is 0.938 bits per heavy atom. The zero-order valence-corrected chi connectivity index (χ0v) is 17.3. The van der Waals surface area contributed by atoms with Gasteiger partial charge in [-0.1, -0.05) is 36.4 Å². The summed E-state index contributed by atoms with van der Waals surface area (Å²) in [6.07, 6.45) is 0.140. The van der Waals surface area contributed by atoms with Crippen LogP contribution in [0.1, 0.15) is 22.5 Å². The van der Waals surface area contributed by atoms with Gasteiger partial charge in [0.05, 0.1) is 11.3 Å². The Labute approximate surface area is 184 Å². The first-order chi connectivity index (χ1) is 15.5. The Kier molecular flexibility index (Phi) is 5.27. The Bertz CT molecular complexity index is 1230. The molecule has 32 heavy (non-hydrogen) atoms. The molecule has 2 aromatic carbocycles. The molecule has 0 unspecified atom stereocenters. The van der Waals surface area contributed by atoms with Crippen molar-refractivity contribution < 1.29 is 13.2 Å². The van der Waals surface area contributed by atoms with Crippen molar-refractivity contribution in [1.82, 2.24) is 19.4 Å². The monoisotopic (exact) mass is 434 g/mol. The Morgan fingerprint density at radius 3 is 2.59 bits per heavy atom. The lowest BCUT2D eigenvalue weighted by Crippen LogP contribution is -2.31. The van der Waals surface area contributed by atoms with E-state index in [4.69, 9.17) is 4.98 Å². The van der Waals surface area contributed by atoms with E-state index in [9.17, 15) is 13.2 Å². The van der Waals surface area contributed by atoms with Gasteiger partial charge in [-0.3, -0.25) is 4.90 Å². The summed E-state index contributed by atoms with van der Waals surface area (Å²) in [6, 6.07) is 19.1. The van der Waals surface area contributed by atoms with Crippen molar-refractivity contribution in [2.45, 2.75) is 25.7 Å². The molecule has 0 amide bonds. The number of fused-ring (bicyclic) bond motifs is 1. The number of hydrogen-bond donors (Lipinski definition) is 0. The number of rotatable bonds is 4. The molecule has 2 aromatic heterocycles. The minimum Gasteiger partial charge on any atom is -0.320 e. The molecule has 0 aliphatic carbocycles. The van der Waals surface area contributed by atoms with Gasteiger partial charge >= 0.3 is 6.18 Å². The van der Waals surface area contributed by atoms with E-state index in [2.05, 4.69) is 9.88 Å². The van der Waals surface area contributed by atoms with Crippen LogP contribution in [0.2, 0.25) is 0 Å². The Hall–Kier alpha value is -3.45. The van der Waals surface area contributed by atoms with Gasteiger partial charge in [0, 0.05) is 61.0 Å². The third-order valence-corrected chi connectivity index (χ3v) is 5.72. The first-order valence-corrected chi connectivity index (χ1v) is 10.4. The molecule has 0 N–H and O–H groups in total. The van der Waals surface area contributed by atoms with Crippen LogP contribution in [0.5, 0.6) is 0 Å². The van der Waals surface area contributed by atoms with Gasteiger partial charge in [-0.25, -0.2) is 9.97 Å². The maximum absolute atomic E-state index is 13.1. The van der Waals surface area contributed by atoms with Gasteiger partial charge in [-0.15, -0.1) is 0 Å². The second-order valence-electron chi connectivity index (χ2n) is 7.91. The second kappa shape index (κ2) is 8.24. The van der Waals surface area contributed by atoms with Crippen molar-refractivity contribution in [3.8, 4) is 17.1 Å². The summed E-state index contributed by atoms with van der Waals surface area (Å²) >= 11 is 0. The van der Waals surface area contributed by atoms with Crippen LogP contribution in [0.15, 0.2) is 79.1 Å². The van der Waals surface area contributed by atoms with E-state index in [0.29, 0.717) is 18.8 Å². The molecule has 7 heteroatoms. The summed E-state index contributed by atoms with van der Waals surface area (Å²) in [4.78, 5) is 11.6. The smallest absolute Gasteiger partial charge is 0.320 e. The highest BCUT2D eigenvalue weighted by atomic mass is 19.4. The van der Waals surface area contributed by atoms with E-state index >= 15 is 0 Å². The summed E-state index contributed by atoms with van der Waals surface area (Å²) in [5.41, 5.74) is 3.95. The van der Waals surface area contributed by atoms with Crippen LogP contribution >= 0.6 is 0 Å². The van der Waals surface area contributed by atoms with Gasteiger partial charge < -0.3 is 4.57 Å².